The lowest BCUT2D eigenvalue weighted by Gasteiger charge is -2.28. The Balaban J connectivity index is 0.000000351. The van der Waals surface area contributed by atoms with E-state index in [9.17, 15) is 14.4 Å². The van der Waals surface area contributed by atoms with E-state index in [1.807, 2.05) is 18.0 Å². The largest absolute Gasteiger partial charge is 0.491 e. The average Bonchev–Trinajstić information content (AvgIpc) is 3.24. The van der Waals surface area contributed by atoms with Crippen molar-refractivity contribution in [1.82, 2.24) is 4.90 Å². The van der Waals surface area contributed by atoms with E-state index in [1.54, 1.807) is 0 Å². The minimum Gasteiger partial charge on any atom is -0.491 e. The van der Waals surface area contributed by atoms with Crippen LogP contribution >= 0.6 is 11.6 Å². The van der Waals surface area contributed by atoms with Crippen molar-refractivity contribution >= 4 is 41.3 Å². The minimum atomic E-state index is -0.979. The lowest BCUT2D eigenvalue weighted by atomic mass is 9.92. The third-order valence-electron chi connectivity index (χ3n) is 8.70. The van der Waals surface area contributed by atoms with Crippen molar-refractivity contribution in [1.29, 1.82) is 0 Å². The van der Waals surface area contributed by atoms with Crippen LogP contribution in [0.5, 0.6) is 5.75 Å². The maximum atomic E-state index is 12.8. The van der Waals surface area contributed by atoms with E-state index in [1.165, 1.54) is 41.0 Å². The van der Waals surface area contributed by atoms with Crippen LogP contribution < -0.4 is 15.0 Å². The molecule has 0 aromatic heterocycles. The summed E-state index contributed by atoms with van der Waals surface area (Å²) in [6.07, 6.45) is 10.8. The number of aromatic carboxylic acids is 1. The standard InChI is InChI=1S/C30H39ClN2O2.C8H7NO3/c1-4-10-24-18-26(31)12-13-27(24)25-20-33-16-9-7-5-6-8-15-32(3)30(34)17-22(2)23-11-14-29(35-21-25)28(33)19-23;10-5-9-7-3-1-6(2-4-7)8(11)12/h6,8,11-14,18-19,22,25H,4-5,7,9-10,15-17,20-21H2,1-3H3;1-5H,(H,9,10)(H,11,12)/b8-6+;. The summed E-state index contributed by atoms with van der Waals surface area (Å²) < 4.78 is 6.44. The molecule has 2 aliphatic heterocycles. The fourth-order valence-electron chi connectivity index (χ4n) is 6.01. The number of carbonyl (C=O) groups is 3. The fourth-order valence-corrected chi connectivity index (χ4v) is 6.20. The number of nitrogens with zero attached hydrogens (tertiary/aromatic N) is 2. The Morgan fingerprint density at radius 1 is 1.09 bits per heavy atom. The van der Waals surface area contributed by atoms with Gasteiger partial charge in [-0.15, -0.1) is 0 Å². The van der Waals surface area contributed by atoms with Crippen molar-refractivity contribution in [3.63, 3.8) is 0 Å². The van der Waals surface area contributed by atoms with E-state index in [4.69, 9.17) is 21.4 Å². The summed E-state index contributed by atoms with van der Waals surface area (Å²) in [4.78, 5) is 37.5. The number of rotatable bonds is 6. The smallest absolute Gasteiger partial charge is 0.335 e. The Morgan fingerprint density at radius 2 is 1.87 bits per heavy atom. The first-order valence-electron chi connectivity index (χ1n) is 16.4. The van der Waals surface area contributed by atoms with Gasteiger partial charge in [-0.1, -0.05) is 56.2 Å². The van der Waals surface area contributed by atoms with Crippen LogP contribution in [0.15, 0.2) is 72.8 Å². The number of likely N-dealkylation sites (N-methyl/N-ethyl adjacent to an activating group) is 1. The lowest BCUT2D eigenvalue weighted by molar-refractivity contribution is -0.129. The van der Waals surface area contributed by atoms with E-state index in [2.05, 4.69) is 66.5 Å². The number of fused-ring (bicyclic) bond motifs is 1. The Bertz CT molecular complexity index is 1540. The average molecular weight is 660 g/mol. The van der Waals surface area contributed by atoms with Crippen LogP contribution in [-0.4, -0.2) is 61.6 Å². The second kappa shape index (κ2) is 17.6. The normalized spacial score (nSPS) is 19.1. The van der Waals surface area contributed by atoms with Gasteiger partial charge in [0.1, 0.15) is 5.75 Å². The molecule has 0 saturated heterocycles. The van der Waals surface area contributed by atoms with E-state index >= 15 is 0 Å². The summed E-state index contributed by atoms with van der Waals surface area (Å²) in [5.74, 6) is 0.582. The van der Waals surface area contributed by atoms with Crippen molar-refractivity contribution in [2.75, 3.05) is 43.5 Å². The molecule has 2 N–H and O–H groups in total. The number of benzene rings is 3. The number of carbonyl (C=O) groups excluding carboxylic acids is 2. The summed E-state index contributed by atoms with van der Waals surface area (Å²) in [6, 6.07) is 18.8. The first kappa shape index (κ1) is 35.6. The highest BCUT2D eigenvalue weighted by atomic mass is 35.5. The molecule has 2 bridgehead atoms. The maximum absolute atomic E-state index is 12.8. The second-order valence-electron chi connectivity index (χ2n) is 12.3. The highest BCUT2D eigenvalue weighted by Gasteiger charge is 2.27. The molecule has 0 fully saturated rings. The third kappa shape index (κ3) is 10.1. The Hall–Kier alpha value is -4.30. The number of ether oxygens (including phenoxy) is 1. The zero-order valence-corrected chi connectivity index (χ0v) is 28.3. The van der Waals surface area contributed by atoms with Crippen LogP contribution in [0.2, 0.25) is 5.02 Å². The molecule has 2 aliphatic rings. The number of aryl methyl sites for hydroxylation is 1. The molecule has 9 heteroatoms. The van der Waals surface area contributed by atoms with Gasteiger partial charge in [0, 0.05) is 49.7 Å². The van der Waals surface area contributed by atoms with Crippen molar-refractivity contribution in [3.8, 4) is 5.75 Å². The van der Waals surface area contributed by atoms with Gasteiger partial charge >= 0.3 is 5.97 Å². The number of carboxylic acids is 1. The van der Waals surface area contributed by atoms with Crippen LogP contribution in [0.25, 0.3) is 0 Å². The highest BCUT2D eigenvalue weighted by Crippen LogP contribution is 2.38. The molecule has 0 radical (unpaired) electrons. The summed E-state index contributed by atoms with van der Waals surface area (Å²) >= 11 is 6.36. The van der Waals surface area contributed by atoms with Gasteiger partial charge in [-0.3, -0.25) is 9.59 Å². The predicted molar refractivity (Wildman–Crippen MR) is 189 cm³/mol. The summed E-state index contributed by atoms with van der Waals surface area (Å²) in [7, 11) is 1.90. The number of nitrogens with one attached hydrogen (secondary N) is 1. The van der Waals surface area contributed by atoms with Crippen LogP contribution in [0.3, 0.4) is 0 Å². The number of halogens is 1. The molecule has 47 heavy (non-hydrogen) atoms. The number of allylic oxidation sites excluding steroid dienone is 1. The van der Waals surface area contributed by atoms with Gasteiger partial charge in [-0.05, 0) is 96.8 Å². The first-order valence-corrected chi connectivity index (χ1v) is 16.8. The first-order chi connectivity index (χ1) is 22.7. The zero-order valence-electron chi connectivity index (χ0n) is 27.6. The molecule has 0 spiro atoms. The van der Waals surface area contributed by atoms with Crippen LogP contribution in [0, 0.1) is 0 Å². The number of hydrogen-bond donors (Lipinski definition) is 2. The molecule has 3 aromatic rings. The molecule has 2 heterocycles. The minimum absolute atomic E-state index is 0.151. The van der Waals surface area contributed by atoms with E-state index in [0.29, 0.717) is 31.7 Å². The Kier molecular flexibility index (Phi) is 13.3. The van der Waals surface area contributed by atoms with E-state index < -0.39 is 5.97 Å². The van der Waals surface area contributed by atoms with Crippen molar-refractivity contribution in [2.45, 2.75) is 64.2 Å². The van der Waals surface area contributed by atoms with Gasteiger partial charge in [0.2, 0.25) is 12.3 Å². The van der Waals surface area contributed by atoms with E-state index in [0.717, 1.165) is 61.7 Å². The van der Waals surface area contributed by atoms with Crippen molar-refractivity contribution in [2.24, 2.45) is 0 Å². The molecule has 2 unspecified atom stereocenters. The predicted octanol–water partition coefficient (Wildman–Crippen LogP) is 7.92. The number of anilines is 2. The van der Waals surface area contributed by atoms with Crippen molar-refractivity contribution in [3.05, 3.63) is 100 Å². The SMILES string of the molecule is CCCc1cc(Cl)ccc1C1COc2ccc3cc2N(CCCC/C=C/CN(C)C(=O)CC3C)C1.O=CNc1ccc(C(=O)O)cc1. The molecule has 2 amide bonds. The molecular weight excluding hydrogens is 614 g/mol. The molecule has 5 rings (SSSR count). The highest BCUT2D eigenvalue weighted by molar-refractivity contribution is 6.30. The molecular formula is C38H46ClN3O5. The maximum Gasteiger partial charge on any atom is 0.335 e. The topological polar surface area (TPSA) is 99.2 Å². The summed E-state index contributed by atoms with van der Waals surface area (Å²) in [5.41, 5.74) is 5.82. The Labute approximate surface area is 283 Å². The number of hydrogen-bond acceptors (Lipinski definition) is 5. The monoisotopic (exact) mass is 659 g/mol. The number of carboxylic acid groups (broad SMARTS) is 1. The van der Waals surface area contributed by atoms with Gasteiger partial charge in [0.05, 0.1) is 17.9 Å². The lowest BCUT2D eigenvalue weighted by Crippen LogP contribution is -2.30. The third-order valence-corrected chi connectivity index (χ3v) is 8.93. The van der Waals surface area contributed by atoms with Crippen molar-refractivity contribution < 1.29 is 24.2 Å². The summed E-state index contributed by atoms with van der Waals surface area (Å²) in [6.45, 7) is 7.61. The molecule has 0 aliphatic carbocycles. The van der Waals surface area contributed by atoms with E-state index in [-0.39, 0.29) is 23.3 Å². The zero-order chi connectivity index (χ0) is 33.8. The van der Waals surface area contributed by atoms with Crippen LogP contribution in [-0.2, 0) is 16.0 Å². The molecule has 0 saturated carbocycles. The van der Waals surface area contributed by atoms with Gasteiger partial charge in [0.25, 0.3) is 0 Å². The second-order valence-corrected chi connectivity index (χ2v) is 12.7. The van der Waals surface area contributed by atoms with Crippen LogP contribution in [0.1, 0.15) is 84.8 Å². The molecule has 2 atom stereocenters. The van der Waals surface area contributed by atoms with Gasteiger partial charge < -0.3 is 25.0 Å². The molecule has 250 valence electrons. The fraction of sp³-hybridized carbons (Fsp3) is 0.395. The quantitative estimate of drug-likeness (QED) is 0.206. The Morgan fingerprint density at radius 3 is 2.60 bits per heavy atom. The van der Waals surface area contributed by atoms with Gasteiger partial charge in [0.15, 0.2) is 0 Å². The molecule has 3 aromatic carbocycles. The summed E-state index contributed by atoms with van der Waals surface area (Å²) in [5, 5.41) is 11.7. The van der Waals surface area contributed by atoms with Crippen LogP contribution in [0.4, 0.5) is 11.4 Å². The molecule has 8 nitrogen and oxygen atoms in total. The van der Waals surface area contributed by atoms with Gasteiger partial charge in [-0.25, -0.2) is 4.79 Å². The van der Waals surface area contributed by atoms with Gasteiger partial charge in [-0.2, -0.15) is 0 Å². The number of amides is 2.